The number of halogens is 2. The molecule has 0 aromatic heterocycles. The van der Waals surface area contributed by atoms with E-state index in [1.807, 2.05) is 13.8 Å². The summed E-state index contributed by atoms with van der Waals surface area (Å²) in [6.07, 6.45) is 5.70. The first-order valence-corrected chi connectivity index (χ1v) is 9.04. The topological polar surface area (TPSA) is 96.0 Å². The third-order valence-electron chi connectivity index (χ3n) is 3.61. The van der Waals surface area contributed by atoms with Crippen molar-refractivity contribution in [2.45, 2.75) is 47.6 Å². The van der Waals surface area contributed by atoms with Crippen molar-refractivity contribution >= 4 is 5.91 Å². The number of alkyl halides is 1. The summed E-state index contributed by atoms with van der Waals surface area (Å²) in [7, 11) is 0. The summed E-state index contributed by atoms with van der Waals surface area (Å²) >= 11 is 0. The van der Waals surface area contributed by atoms with Crippen LogP contribution in [0.3, 0.4) is 0 Å². The van der Waals surface area contributed by atoms with Crippen LogP contribution < -0.4 is 5.32 Å². The molecule has 0 bridgehead atoms. The lowest BCUT2D eigenvalue weighted by Crippen LogP contribution is -2.27. The molecular weight excluding hydrogens is 380 g/mol. The van der Waals surface area contributed by atoms with E-state index < -0.39 is 40.5 Å². The molecule has 0 rings (SSSR count). The van der Waals surface area contributed by atoms with Gasteiger partial charge in [-0.05, 0) is 38.5 Å². The molecule has 1 unspecified atom stereocenters. The summed E-state index contributed by atoms with van der Waals surface area (Å²) in [6, 6.07) is 0.778. The van der Waals surface area contributed by atoms with Crippen molar-refractivity contribution in [2.75, 3.05) is 6.67 Å². The molecule has 8 heteroatoms. The molecule has 29 heavy (non-hydrogen) atoms. The maximum atomic E-state index is 14.0. The Labute approximate surface area is 171 Å². The minimum absolute atomic E-state index is 0.0842. The average Bonchev–Trinajstić information content (AvgIpc) is 2.69. The molecule has 1 N–H and O–H groups in total. The molecule has 0 spiro atoms. The molecule has 0 saturated carbocycles. The Balaban J connectivity index is 0. The van der Waals surface area contributed by atoms with Crippen molar-refractivity contribution in [1.29, 1.82) is 5.26 Å². The number of carbonyl (C=O) groups excluding carboxylic acids is 1. The van der Waals surface area contributed by atoms with E-state index in [0.29, 0.717) is 11.6 Å². The van der Waals surface area contributed by atoms with Gasteiger partial charge in [0.05, 0.1) is 17.2 Å². The van der Waals surface area contributed by atoms with E-state index in [1.54, 1.807) is 20.8 Å². The standard InChI is InChI=1S/C19H23F2N3O3.C2H6/c1-6-14(11-15(7-2)19(4,5)12-22)18(25)23-17(16(21)8-9-20)10-13(3)24(26)27;1-2/h6-8,10-11,13H,2,9H2,1,3-5H3,(H,23,25);1-2H3/b14-6+,15-11+,16-8+,17-10+;. The van der Waals surface area contributed by atoms with Crippen LogP contribution in [0.2, 0.25) is 0 Å². The Morgan fingerprint density at radius 3 is 2.34 bits per heavy atom. The monoisotopic (exact) mass is 409 g/mol. The third-order valence-corrected chi connectivity index (χ3v) is 3.61. The number of nitrogens with one attached hydrogen (secondary N) is 1. The van der Waals surface area contributed by atoms with Gasteiger partial charge >= 0.3 is 0 Å². The summed E-state index contributed by atoms with van der Waals surface area (Å²) in [5.74, 6) is -1.89. The zero-order valence-corrected chi connectivity index (χ0v) is 17.8. The molecule has 0 aliphatic rings. The molecule has 0 aromatic carbocycles. The molecule has 160 valence electrons. The van der Waals surface area contributed by atoms with Gasteiger partial charge in [-0.3, -0.25) is 14.9 Å². The predicted molar refractivity (Wildman–Crippen MR) is 111 cm³/mol. The quantitative estimate of drug-likeness (QED) is 0.248. The highest BCUT2D eigenvalue weighted by atomic mass is 19.1. The largest absolute Gasteiger partial charge is 0.320 e. The zero-order chi connectivity index (χ0) is 23.2. The number of amides is 1. The number of nitriles is 1. The molecule has 0 heterocycles. The number of hydrogen-bond donors (Lipinski definition) is 1. The fourth-order valence-electron chi connectivity index (χ4n) is 1.86. The second kappa shape index (κ2) is 14.0. The van der Waals surface area contributed by atoms with E-state index in [1.165, 1.54) is 25.2 Å². The number of rotatable bonds is 9. The molecule has 0 saturated heterocycles. The summed E-state index contributed by atoms with van der Waals surface area (Å²) in [5.41, 5.74) is -0.887. The molecular formula is C21H29F2N3O3. The minimum Gasteiger partial charge on any atom is -0.320 e. The van der Waals surface area contributed by atoms with Crippen molar-refractivity contribution in [3.63, 3.8) is 0 Å². The first-order valence-electron chi connectivity index (χ1n) is 9.04. The predicted octanol–water partition coefficient (Wildman–Crippen LogP) is 5.11. The van der Waals surface area contributed by atoms with E-state index in [4.69, 9.17) is 0 Å². The molecule has 1 amide bonds. The number of nitrogens with zero attached hydrogens (tertiary/aromatic N) is 2. The van der Waals surface area contributed by atoms with Crippen molar-refractivity contribution in [3.05, 3.63) is 69.7 Å². The maximum absolute atomic E-state index is 14.0. The van der Waals surface area contributed by atoms with Crippen molar-refractivity contribution in [3.8, 4) is 6.07 Å². The highest BCUT2D eigenvalue weighted by Crippen LogP contribution is 2.27. The first-order chi connectivity index (χ1) is 13.5. The van der Waals surface area contributed by atoms with Crippen LogP contribution in [-0.2, 0) is 4.79 Å². The first kappa shape index (κ1) is 28.1. The molecule has 0 aliphatic heterocycles. The van der Waals surface area contributed by atoms with E-state index in [2.05, 4.69) is 18.0 Å². The second-order valence-electron chi connectivity index (χ2n) is 6.05. The fourth-order valence-corrected chi connectivity index (χ4v) is 1.86. The van der Waals surface area contributed by atoms with Crippen LogP contribution >= 0.6 is 0 Å². The average molecular weight is 409 g/mol. The van der Waals surface area contributed by atoms with Gasteiger partial charge in [0.15, 0.2) is 0 Å². The van der Waals surface area contributed by atoms with Gasteiger partial charge in [0.2, 0.25) is 6.04 Å². The van der Waals surface area contributed by atoms with Gasteiger partial charge in [0.1, 0.15) is 12.5 Å². The Kier molecular flexibility index (Phi) is 13.6. The number of hydrogen-bond acceptors (Lipinski definition) is 4. The van der Waals surface area contributed by atoms with Crippen LogP contribution in [0.15, 0.2) is 59.6 Å². The summed E-state index contributed by atoms with van der Waals surface area (Å²) < 4.78 is 26.4. The smallest absolute Gasteiger partial charge is 0.255 e. The lowest BCUT2D eigenvalue weighted by molar-refractivity contribution is -0.505. The number of carbonyl (C=O) groups is 1. The molecule has 0 aliphatic carbocycles. The summed E-state index contributed by atoms with van der Waals surface area (Å²) in [4.78, 5) is 22.6. The maximum Gasteiger partial charge on any atom is 0.255 e. The van der Waals surface area contributed by atoms with Crippen molar-refractivity contribution in [2.24, 2.45) is 5.41 Å². The third kappa shape index (κ3) is 9.60. The van der Waals surface area contributed by atoms with Crippen molar-refractivity contribution < 1.29 is 18.5 Å². The van der Waals surface area contributed by atoms with Gasteiger partial charge < -0.3 is 5.32 Å². The zero-order valence-electron chi connectivity index (χ0n) is 17.8. The van der Waals surface area contributed by atoms with Crippen LogP contribution in [0.1, 0.15) is 41.5 Å². The van der Waals surface area contributed by atoms with Crippen LogP contribution in [-0.4, -0.2) is 23.5 Å². The molecule has 0 fully saturated rings. The van der Waals surface area contributed by atoms with Crippen LogP contribution in [0, 0.1) is 26.9 Å². The van der Waals surface area contributed by atoms with Gasteiger partial charge in [0.25, 0.3) is 5.91 Å². The molecule has 1 atom stereocenters. The minimum atomic E-state index is -1.30. The van der Waals surface area contributed by atoms with Crippen LogP contribution in [0.5, 0.6) is 0 Å². The summed E-state index contributed by atoms with van der Waals surface area (Å²) in [6.45, 7) is 12.5. The lowest BCUT2D eigenvalue weighted by atomic mass is 9.84. The number of nitro groups is 1. The van der Waals surface area contributed by atoms with Crippen LogP contribution in [0.4, 0.5) is 8.78 Å². The van der Waals surface area contributed by atoms with E-state index in [0.717, 1.165) is 6.08 Å². The van der Waals surface area contributed by atoms with Gasteiger partial charge in [-0.15, -0.1) is 0 Å². The Bertz CT molecular complexity index is 758. The highest BCUT2D eigenvalue weighted by molar-refractivity contribution is 5.97. The SMILES string of the molecule is C=C/C(=C\C(=C/C)C(=O)NC(=C/C(C)[N+](=O)[O-])/C(F)=C\CF)C(C)(C)C#N.CC. The molecule has 6 nitrogen and oxygen atoms in total. The normalized spacial score (nSPS) is 14.2. The Morgan fingerprint density at radius 2 is 1.97 bits per heavy atom. The van der Waals surface area contributed by atoms with Crippen LogP contribution in [0.25, 0.3) is 0 Å². The van der Waals surface area contributed by atoms with E-state index in [9.17, 15) is 29.0 Å². The summed E-state index contributed by atoms with van der Waals surface area (Å²) in [5, 5.41) is 22.2. The van der Waals surface area contributed by atoms with Gasteiger partial charge in [-0.2, -0.15) is 5.26 Å². The van der Waals surface area contributed by atoms with Crippen molar-refractivity contribution in [1.82, 2.24) is 5.32 Å². The highest BCUT2D eigenvalue weighted by Gasteiger charge is 2.22. The Hall–Kier alpha value is -3.08. The van der Waals surface area contributed by atoms with E-state index >= 15 is 0 Å². The van der Waals surface area contributed by atoms with Gasteiger partial charge in [-0.1, -0.05) is 32.6 Å². The molecule has 0 radical (unpaired) electrons. The molecule has 0 aromatic rings. The number of allylic oxidation sites excluding steroid dienone is 5. The lowest BCUT2D eigenvalue weighted by Gasteiger charge is -2.17. The second-order valence-corrected chi connectivity index (χ2v) is 6.05. The van der Waals surface area contributed by atoms with Gasteiger partial charge in [-0.25, -0.2) is 8.78 Å². The van der Waals surface area contributed by atoms with Gasteiger partial charge in [0, 0.05) is 23.5 Å². The fraction of sp³-hybridized carbons (Fsp3) is 0.429. The Morgan fingerprint density at radius 1 is 1.41 bits per heavy atom. The van der Waals surface area contributed by atoms with E-state index in [-0.39, 0.29) is 5.57 Å².